The lowest BCUT2D eigenvalue weighted by Crippen LogP contribution is -2.48. The zero-order chi connectivity index (χ0) is 14.8. The number of carboxylic acid groups (broad SMARTS) is 1. The highest BCUT2D eigenvalue weighted by atomic mass is 16.4. The number of hydrogen-bond acceptors (Lipinski definition) is 4. The maximum Gasteiger partial charge on any atom is 0.404 e. The summed E-state index contributed by atoms with van der Waals surface area (Å²) >= 11 is 0. The zero-order valence-electron chi connectivity index (χ0n) is 10.6. The third-order valence-corrected chi connectivity index (χ3v) is 2.08. The number of hydrogen-bond donors (Lipinski definition) is 5. The molecule has 0 heterocycles. The lowest BCUT2D eigenvalue weighted by molar-refractivity contribution is -0.129. The molecule has 19 heavy (non-hydrogen) atoms. The van der Waals surface area contributed by atoms with Crippen molar-refractivity contribution in [3.05, 3.63) is 0 Å². The molecule has 0 aliphatic heterocycles. The van der Waals surface area contributed by atoms with Crippen LogP contribution in [0.4, 0.5) is 4.79 Å². The van der Waals surface area contributed by atoms with E-state index in [1.165, 1.54) is 6.92 Å². The normalized spacial score (nSPS) is 11.2. The Morgan fingerprint density at radius 2 is 1.84 bits per heavy atom. The van der Waals surface area contributed by atoms with Crippen molar-refractivity contribution in [2.24, 2.45) is 5.73 Å². The van der Waals surface area contributed by atoms with Crippen LogP contribution < -0.4 is 21.7 Å². The first-order valence-corrected chi connectivity index (χ1v) is 5.63. The van der Waals surface area contributed by atoms with Gasteiger partial charge in [-0.05, 0) is 12.8 Å². The third kappa shape index (κ3) is 9.39. The molecule has 0 saturated heterocycles. The van der Waals surface area contributed by atoms with Crippen LogP contribution >= 0.6 is 0 Å². The fourth-order valence-electron chi connectivity index (χ4n) is 1.31. The minimum absolute atomic E-state index is 0.161. The molecule has 9 nitrogen and oxygen atoms in total. The monoisotopic (exact) mass is 274 g/mol. The summed E-state index contributed by atoms with van der Waals surface area (Å²) in [4.78, 5) is 43.3. The van der Waals surface area contributed by atoms with Gasteiger partial charge in [-0.15, -0.1) is 0 Å². The first kappa shape index (κ1) is 16.7. The highest BCUT2D eigenvalue weighted by Crippen LogP contribution is 1.97. The molecule has 4 amide bonds. The molecule has 0 aromatic heterocycles. The first-order chi connectivity index (χ1) is 8.82. The summed E-state index contributed by atoms with van der Waals surface area (Å²) in [5.41, 5.74) is 4.88. The molecule has 0 rings (SSSR count). The van der Waals surface area contributed by atoms with Gasteiger partial charge in [0.2, 0.25) is 17.7 Å². The maximum absolute atomic E-state index is 11.6. The van der Waals surface area contributed by atoms with E-state index >= 15 is 0 Å². The summed E-state index contributed by atoms with van der Waals surface area (Å²) < 4.78 is 0. The zero-order valence-corrected chi connectivity index (χ0v) is 10.6. The number of carbonyl (C=O) groups is 4. The van der Waals surface area contributed by atoms with Gasteiger partial charge < -0.3 is 26.8 Å². The van der Waals surface area contributed by atoms with E-state index in [1.54, 1.807) is 0 Å². The van der Waals surface area contributed by atoms with Gasteiger partial charge in [-0.3, -0.25) is 14.4 Å². The van der Waals surface area contributed by atoms with Crippen LogP contribution in [0.5, 0.6) is 0 Å². The summed E-state index contributed by atoms with van der Waals surface area (Å²) in [6.45, 7) is 1.10. The quantitative estimate of drug-likeness (QED) is 0.329. The van der Waals surface area contributed by atoms with Gasteiger partial charge in [-0.25, -0.2) is 4.79 Å². The molecule has 0 aromatic rings. The molecule has 0 saturated carbocycles. The van der Waals surface area contributed by atoms with Crippen molar-refractivity contribution >= 4 is 23.8 Å². The number of amides is 4. The van der Waals surface area contributed by atoms with Crippen LogP contribution in [-0.2, 0) is 14.4 Å². The standard InChI is InChI=1S/C10H18N4O5/c1-6(15)14-7(3-2-4-12-10(18)19)9(17)13-5-8(11)16/h7,12H,2-5H2,1H3,(H2,11,16)(H,13,17)(H,14,15)(H,18,19). The Labute approximate surface area is 109 Å². The van der Waals surface area contributed by atoms with Gasteiger partial charge in [0.05, 0.1) is 6.54 Å². The Morgan fingerprint density at radius 1 is 1.21 bits per heavy atom. The minimum atomic E-state index is -1.16. The van der Waals surface area contributed by atoms with Crippen molar-refractivity contribution in [1.29, 1.82) is 0 Å². The van der Waals surface area contributed by atoms with Crippen molar-refractivity contribution < 1.29 is 24.3 Å². The van der Waals surface area contributed by atoms with Crippen LogP contribution in [0.25, 0.3) is 0 Å². The summed E-state index contributed by atoms with van der Waals surface area (Å²) in [6, 6.07) is -0.826. The molecular formula is C10H18N4O5. The lowest BCUT2D eigenvalue weighted by atomic mass is 10.1. The number of primary amides is 1. The molecule has 0 spiro atoms. The predicted octanol–water partition coefficient (Wildman–Crippen LogP) is -1.86. The second-order valence-corrected chi connectivity index (χ2v) is 3.81. The summed E-state index contributed by atoms with van der Waals surface area (Å²) in [5, 5.41) is 15.2. The Morgan fingerprint density at radius 3 is 2.32 bits per heavy atom. The first-order valence-electron chi connectivity index (χ1n) is 5.63. The molecule has 9 heteroatoms. The molecule has 1 atom stereocenters. The largest absolute Gasteiger partial charge is 0.465 e. The van der Waals surface area contributed by atoms with Crippen LogP contribution in [0.2, 0.25) is 0 Å². The third-order valence-electron chi connectivity index (χ3n) is 2.08. The van der Waals surface area contributed by atoms with Crippen molar-refractivity contribution in [1.82, 2.24) is 16.0 Å². The van der Waals surface area contributed by atoms with E-state index in [0.717, 1.165) is 0 Å². The molecule has 6 N–H and O–H groups in total. The lowest BCUT2D eigenvalue weighted by Gasteiger charge is -2.17. The fourth-order valence-corrected chi connectivity index (χ4v) is 1.31. The predicted molar refractivity (Wildman–Crippen MR) is 65.1 cm³/mol. The maximum atomic E-state index is 11.6. The Kier molecular flexibility index (Phi) is 7.66. The minimum Gasteiger partial charge on any atom is -0.465 e. The van der Waals surface area contributed by atoms with Gasteiger partial charge in [-0.1, -0.05) is 0 Å². The average molecular weight is 274 g/mol. The van der Waals surface area contributed by atoms with Gasteiger partial charge in [-0.2, -0.15) is 0 Å². The molecule has 0 aliphatic rings. The SMILES string of the molecule is CC(=O)NC(CCCNC(=O)O)C(=O)NCC(N)=O. The smallest absolute Gasteiger partial charge is 0.404 e. The topological polar surface area (TPSA) is 151 Å². The Hall–Kier alpha value is -2.32. The van der Waals surface area contributed by atoms with Crippen LogP contribution in [-0.4, -0.2) is 48.1 Å². The number of rotatable bonds is 8. The Bertz CT molecular complexity index is 358. The van der Waals surface area contributed by atoms with E-state index < -0.39 is 29.9 Å². The summed E-state index contributed by atoms with van der Waals surface area (Å²) in [6.07, 6.45) is -0.555. The summed E-state index contributed by atoms with van der Waals surface area (Å²) in [7, 11) is 0. The molecule has 0 radical (unpaired) electrons. The van der Waals surface area contributed by atoms with Gasteiger partial charge >= 0.3 is 6.09 Å². The Balaban J connectivity index is 4.20. The average Bonchev–Trinajstić information content (AvgIpc) is 2.29. The van der Waals surface area contributed by atoms with Gasteiger partial charge in [0, 0.05) is 13.5 Å². The number of nitrogens with two attached hydrogens (primary N) is 1. The molecule has 1 unspecified atom stereocenters. The highest BCUT2D eigenvalue weighted by molar-refractivity contribution is 5.89. The van der Waals surface area contributed by atoms with E-state index in [-0.39, 0.29) is 19.5 Å². The van der Waals surface area contributed by atoms with Gasteiger partial charge in [0.1, 0.15) is 6.04 Å². The van der Waals surface area contributed by atoms with E-state index in [1.807, 2.05) is 0 Å². The number of carbonyl (C=O) groups excluding carboxylic acids is 3. The van der Waals surface area contributed by atoms with Crippen molar-refractivity contribution in [2.75, 3.05) is 13.1 Å². The molecule has 0 fully saturated rings. The van der Waals surface area contributed by atoms with E-state index in [4.69, 9.17) is 10.8 Å². The second kappa shape index (κ2) is 8.72. The molecule has 0 aromatic carbocycles. The van der Waals surface area contributed by atoms with Gasteiger partial charge in [0.15, 0.2) is 0 Å². The van der Waals surface area contributed by atoms with E-state index in [2.05, 4.69) is 16.0 Å². The summed E-state index contributed by atoms with van der Waals surface area (Å²) in [5.74, 6) is -1.63. The van der Waals surface area contributed by atoms with Crippen LogP contribution in [0, 0.1) is 0 Å². The highest BCUT2D eigenvalue weighted by Gasteiger charge is 2.19. The van der Waals surface area contributed by atoms with E-state index in [9.17, 15) is 19.2 Å². The van der Waals surface area contributed by atoms with Crippen molar-refractivity contribution in [3.8, 4) is 0 Å². The van der Waals surface area contributed by atoms with Crippen LogP contribution in [0.3, 0.4) is 0 Å². The van der Waals surface area contributed by atoms with Crippen LogP contribution in [0.1, 0.15) is 19.8 Å². The molecular weight excluding hydrogens is 256 g/mol. The van der Waals surface area contributed by atoms with Gasteiger partial charge in [0.25, 0.3) is 0 Å². The number of nitrogens with one attached hydrogen (secondary N) is 3. The fraction of sp³-hybridized carbons (Fsp3) is 0.600. The van der Waals surface area contributed by atoms with Crippen molar-refractivity contribution in [2.45, 2.75) is 25.8 Å². The molecule has 0 bridgehead atoms. The second-order valence-electron chi connectivity index (χ2n) is 3.81. The van der Waals surface area contributed by atoms with Crippen molar-refractivity contribution in [3.63, 3.8) is 0 Å². The van der Waals surface area contributed by atoms with Crippen LogP contribution in [0.15, 0.2) is 0 Å². The van der Waals surface area contributed by atoms with E-state index in [0.29, 0.717) is 6.42 Å². The molecule has 0 aliphatic carbocycles. The molecule has 108 valence electrons.